The smallest absolute Gasteiger partial charge is 0.153 e. The number of ether oxygens (including phenoxy) is 1. The normalized spacial score (nSPS) is 26.0. The lowest BCUT2D eigenvalue weighted by Gasteiger charge is -2.28. The van der Waals surface area contributed by atoms with Crippen LogP contribution in [0.15, 0.2) is 0 Å². The van der Waals surface area contributed by atoms with Crippen molar-refractivity contribution in [3.63, 3.8) is 0 Å². The average molecular weight is 264 g/mol. The molecule has 2 atom stereocenters. The average Bonchev–Trinajstić information content (AvgIpc) is 2.25. The van der Waals surface area contributed by atoms with Crippen LogP contribution in [-0.2, 0) is 14.6 Å². The van der Waals surface area contributed by atoms with E-state index in [2.05, 4.69) is 17.1 Å². The van der Waals surface area contributed by atoms with E-state index in [1.807, 2.05) is 7.05 Å². The van der Waals surface area contributed by atoms with Gasteiger partial charge in [-0.25, -0.2) is 8.42 Å². The Balaban J connectivity index is 2.30. The molecule has 102 valence electrons. The number of hydrogen-bond acceptors (Lipinski definition) is 5. The van der Waals surface area contributed by atoms with Crippen LogP contribution in [0.5, 0.6) is 0 Å². The molecule has 0 radical (unpaired) electrons. The molecule has 0 bridgehead atoms. The highest BCUT2D eigenvalue weighted by Crippen LogP contribution is 2.07. The van der Waals surface area contributed by atoms with Gasteiger partial charge in [0.15, 0.2) is 9.84 Å². The van der Waals surface area contributed by atoms with Crippen molar-refractivity contribution in [2.45, 2.75) is 25.4 Å². The summed E-state index contributed by atoms with van der Waals surface area (Å²) in [5.74, 6) is 0.554. The fraction of sp³-hybridized carbons (Fsp3) is 1.00. The van der Waals surface area contributed by atoms with Gasteiger partial charge < -0.3 is 15.0 Å². The molecule has 1 heterocycles. The number of methoxy groups -OCH3 is 1. The predicted octanol–water partition coefficient (Wildman–Crippen LogP) is -0.270. The Morgan fingerprint density at radius 1 is 1.53 bits per heavy atom. The minimum atomic E-state index is -2.82. The van der Waals surface area contributed by atoms with E-state index in [4.69, 9.17) is 4.74 Å². The second-order valence-corrected chi connectivity index (χ2v) is 7.07. The number of sulfone groups is 1. The van der Waals surface area contributed by atoms with Crippen molar-refractivity contribution in [1.82, 2.24) is 10.2 Å². The van der Waals surface area contributed by atoms with Crippen LogP contribution >= 0.6 is 0 Å². The molecule has 0 aromatic carbocycles. The molecule has 0 aromatic rings. The Morgan fingerprint density at radius 2 is 2.24 bits per heavy atom. The van der Waals surface area contributed by atoms with Gasteiger partial charge in [-0.3, -0.25) is 0 Å². The monoisotopic (exact) mass is 264 g/mol. The first kappa shape index (κ1) is 14.9. The third-order valence-electron chi connectivity index (χ3n) is 3.29. The first-order chi connectivity index (χ1) is 7.94. The van der Waals surface area contributed by atoms with E-state index >= 15 is 0 Å². The summed E-state index contributed by atoms with van der Waals surface area (Å²) in [6, 6.07) is 0.464. The molecule has 6 heteroatoms. The summed E-state index contributed by atoms with van der Waals surface area (Å²) in [7, 11) is 0.921. The van der Waals surface area contributed by atoms with Crippen molar-refractivity contribution in [3.05, 3.63) is 0 Å². The van der Waals surface area contributed by atoms with Crippen LogP contribution in [0.25, 0.3) is 0 Å². The van der Waals surface area contributed by atoms with Crippen LogP contribution in [0.2, 0.25) is 0 Å². The molecule has 1 N–H and O–H groups in total. The first-order valence-corrected chi connectivity index (χ1v) is 7.89. The molecule has 1 aliphatic heterocycles. The molecular weight excluding hydrogens is 240 g/mol. The maximum atomic E-state index is 11.5. The van der Waals surface area contributed by atoms with Gasteiger partial charge in [0.05, 0.1) is 18.1 Å². The lowest BCUT2D eigenvalue weighted by molar-refractivity contribution is 0.113. The molecule has 1 saturated heterocycles. The van der Waals surface area contributed by atoms with Crippen molar-refractivity contribution in [2.24, 2.45) is 0 Å². The lowest BCUT2D eigenvalue weighted by atomic mass is 10.2. The summed E-state index contributed by atoms with van der Waals surface area (Å²) in [5.41, 5.74) is 0. The topological polar surface area (TPSA) is 58.6 Å². The van der Waals surface area contributed by atoms with Crippen molar-refractivity contribution in [2.75, 3.05) is 45.4 Å². The largest absolute Gasteiger partial charge is 0.383 e. The summed E-state index contributed by atoms with van der Waals surface area (Å²) < 4.78 is 28.0. The zero-order valence-corrected chi connectivity index (χ0v) is 11.8. The van der Waals surface area contributed by atoms with Crippen LogP contribution in [0.3, 0.4) is 0 Å². The minimum Gasteiger partial charge on any atom is -0.383 e. The van der Waals surface area contributed by atoms with Gasteiger partial charge in [0.2, 0.25) is 0 Å². The van der Waals surface area contributed by atoms with E-state index in [1.54, 1.807) is 7.11 Å². The number of nitrogens with zero attached hydrogens (tertiary/aromatic N) is 1. The van der Waals surface area contributed by atoms with E-state index in [-0.39, 0.29) is 17.5 Å². The van der Waals surface area contributed by atoms with Gasteiger partial charge in [-0.2, -0.15) is 0 Å². The van der Waals surface area contributed by atoms with Crippen molar-refractivity contribution < 1.29 is 13.2 Å². The Bertz CT molecular complexity index is 319. The van der Waals surface area contributed by atoms with Gasteiger partial charge in [0.1, 0.15) is 0 Å². The summed E-state index contributed by atoms with van der Waals surface area (Å²) in [4.78, 5) is 2.20. The highest BCUT2D eigenvalue weighted by molar-refractivity contribution is 7.91. The molecule has 0 saturated carbocycles. The number of likely N-dealkylation sites (N-methyl/N-ethyl adjacent to an activating group) is 1. The molecule has 5 nitrogen and oxygen atoms in total. The summed E-state index contributed by atoms with van der Waals surface area (Å²) in [6.45, 7) is 4.28. The van der Waals surface area contributed by atoms with E-state index in [1.165, 1.54) is 0 Å². The molecule has 0 aliphatic carbocycles. The van der Waals surface area contributed by atoms with E-state index in [0.717, 1.165) is 13.0 Å². The molecule has 1 aliphatic rings. The predicted molar refractivity (Wildman–Crippen MR) is 69.0 cm³/mol. The third-order valence-corrected chi connectivity index (χ3v) is 5.03. The molecule has 0 amide bonds. The minimum absolute atomic E-state index is 0.103. The van der Waals surface area contributed by atoms with Crippen LogP contribution in [-0.4, -0.2) is 70.8 Å². The van der Waals surface area contributed by atoms with Crippen molar-refractivity contribution in [1.29, 1.82) is 0 Å². The van der Waals surface area contributed by atoms with Gasteiger partial charge in [0.25, 0.3) is 0 Å². The molecule has 0 aromatic heterocycles. The Labute approximate surface area is 104 Å². The van der Waals surface area contributed by atoms with Gasteiger partial charge in [-0.1, -0.05) is 0 Å². The van der Waals surface area contributed by atoms with Crippen LogP contribution in [0.4, 0.5) is 0 Å². The van der Waals surface area contributed by atoms with Crippen molar-refractivity contribution >= 4 is 9.84 Å². The highest BCUT2D eigenvalue weighted by Gasteiger charge is 2.24. The van der Waals surface area contributed by atoms with E-state index in [0.29, 0.717) is 19.2 Å². The maximum absolute atomic E-state index is 11.5. The van der Waals surface area contributed by atoms with Gasteiger partial charge in [0, 0.05) is 25.7 Å². The molecular formula is C11H24N2O3S. The van der Waals surface area contributed by atoms with Gasteiger partial charge in [-0.05, 0) is 26.9 Å². The molecule has 17 heavy (non-hydrogen) atoms. The van der Waals surface area contributed by atoms with E-state index < -0.39 is 9.84 Å². The van der Waals surface area contributed by atoms with Gasteiger partial charge >= 0.3 is 0 Å². The van der Waals surface area contributed by atoms with Crippen LogP contribution in [0, 0.1) is 0 Å². The van der Waals surface area contributed by atoms with Crippen LogP contribution in [0.1, 0.15) is 13.3 Å². The maximum Gasteiger partial charge on any atom is 0.153 e. The number of rotatable bonds is 6. The Kier molecular flexibility index (Phi) is 5.85. The second kappa shape index (κ2) is 6.68. The zero-order chi connectivity index (χ0) is 12.9. The lowest BCUT2D eigenvalue weighted by Crippen LogP contribution is -2.47. The fourth-order valence-corrected chi connectivity index (χ4v) is 3.49. The Morgan fingerprint density at radius 3 is 2.82 bits per heavy atom. The SMILES string of the molecule is COCC(C)N(C)CCC1CS(=O)(=O)CCN1. The van der Waals surface area contributed by atoms with Gasteiger partial charge in [-0.15, -0.1) is 0 Å². The standard InChI is InChI=1S/C11H24N2O3S/c1-10(8-16-3)13(2)6-4-11-9-17(14,15)7-5-12-11/h10-12H,4-9H2,1-3H3. The quantitative estimate of drug-likeness (QED) is 0.716. The first-order valence-electron chi connectivity index (χ1n) is 6.07. The van der Waals surface area contributed by atoms with E-state index in [9.17, 15) is 8.42 Å². The summed E-state index contributed by atoms with van der Waals surface area (Å²) in [5, 5.41) is 3.26. The zero-order valence-electron chi connectivity index (χ0n) is 11.0. The molecule has 0 spiro atoms. The number of hydrogen-bond donors (Lipinski definition) is 1. The molecule has 2 unspecified atom stereocenters. The van der Waals surface area contributed by atoms with Crippen LogP contribution < -0.4 is 5.32 Å². The fourth-order valence-electron chi connectivity index (χ4n) is 2.00. The number of nitrogens with one attached hydrogen (secondary N) is 1. The third kappa shape index (κ3) is 5.33. The summed E-state index contributed by atoms with van der Waals surface area (Å²) >= 11 is 0. The second-order valence-electron chi connectivity index (χ2n) is 4.84. The van der Waals surface area contributed by atoms with Crippen molar-refractivity contribution in [3.8, 4) is 0 Å². The molecule has 1 fully saturated rings. The highest BCUT2D eigenvalue weighted by atomic mass is 32.2. The Hall–Kier alpha value is -0.170. The summed E-state index contributed by atoms with van der Waals surface area (Å²) in [6.07, 6.45) is 0.865. The molecule has 1 rings (SSSR count).